The van der Waals surface area contributed by atoms with Crippen molar-refractivity contribution in [2.45, 2.75) is 31.1 Å². The van der Waals surface area contributed by atoms with Gasteiger partial charge in [0.25, 0.3) is 0 Å². The van der Waals surface area contributed by atoms with E-state index < -0.39 is 54.5 Å². The van der Waals surface area contributed by atoms with Crippen molar-refractivity contribution in [1.82, 2.24) is 16.0 Å². The summed E-state index contributed by atoms with van der Waals surface area (Å²) in [7, 11) is 0. The molecule has 12 heteroatoms. The summed E-state index contributed by atoms with van der Waals surface area (Å²) >= 11 is 7.82. The summed E-state index contributed by atoms with van der Waals surface area (Å²) < 4.78 is 0. The summed E-state index contributed by atoms with van der Waals surface area (Å²) in [5.74, 6) is -3.46. The quantitative estimate of drug-likeness (QED) is 0.183. The first-order chi connectivity index (χ1) is 11.2. The minimum atomic E-state index is -1.48. The van der Waals surface area contributed by atoms with Crippen molar-refractivity contribution >= 4 is 48.9 Å². The van der Waals surface area contributed by atoms with Crippen molar-refractivity contribution in [3.05, 3.63) is 0 Å². The highest BCUT2D eigenvalue weighted by atomic mass is 32.1. The molecule has 0 fully saturated rings. The standard InChI is InChI=1S/C12H22N4O6S2/c1-5(9(18)15-7(2-17)12(21)22)14-11(20)8(4-24)16-10(19)6(13)3-23/h5-8,17,23-24H,2-4,13H2,1H3,(H,14,20)(H,15,18)(H,16,19)(H,21,22). The van der Waals surface area contributed by atoms with Crippen molar-refractivity contribution in [1.29, 1.82) is 0 Å². The van der Waals surface area contributed by atoms with Crippen molar-refractivity contribution in [3.63, 3.8) is 0 Å². The molecule has 7 N–H and O–H groups in total. The molecule has 0 aromatic carbocycles. The topological polar surface area (TPSA) is 171 Å². The van der Waals surface area contributed by atoms with E-state index >= 15 is 0 Å². The molecule has 0 aliphatic carbocycles. The third-order valence-corrected chi connectivity index (χ3v) is 3.66. The minimum absolute atomic E-state index is 0.0421. The first-order valence-corrected chi connectivity index (χ1v) is 8.16. The number of aliphatic carboxylic acids is 1. The van der Waals surface area contributed by atoms with Crippen LogP contribution >= 0.6 is 25.3 Å². The molecule has 0 bridgehead atoms. The molecule has 0 saturated heterocycles. The lowest BCUT2D eigenvalue weighted by atomic mass is 10.2. The van der Waals surface area contributed by atoms with Crippen molar-refractivity contribution in [2.24, 2.45) is 5.73 Å². The van der Waals surface area contributed by atoms with Crippen LogP contribution < -0.4 is 21.7 Å². The van der Waals surface area contributed by atoms with E-state index in [1.165, 1.54) is 6.92 Å². The Balaban J connectivity index is 4.67. The number of aliphatic hydroxyl groups excluding tert-OH is 1. The molecular formula is C12H22N4O6S2. The van der Waals surface area contributed by atoms with Crippen LogP contribution in [0.3, 0.4) is 0 Å². The van der Waals surface area contributed by atoms with Crippen molar-refractivity contribution < 1.29 is 29.4 Å². The molecule has 3 amide bonds. The molecular weight excluding hydrogens is 360 g/mol. The largest absolute Gasteiger partial charge is 0.480 e. The molecule has 0 radical (unpaired) electrons. The molecule has 0 aliphatic heterocycles. The van der Waals surface area contributed by atoms with Crippen LogP contribution in [0.15, 0.2) is 0 Å². The Morgan fingerprint density at radius 3 is 1.92 bits per heavy atom. The van der Waals surface area contributed by atoms with Gasteiger partial charge >= 0.3 is 5.97 Å². The van der Waals surface area contributed by atoms with E-state index in [1.54, 1.807) is 0 Å². The second-order valence-electron chi connectivity index (χ2n) is 4.85. The van der Waals surface area contributed by atoms with Gasteiger partial charge in [-0.15, -0.1) is 0 Å². The number of aliphatic hydroxyl groups is 1. The maximum absolute atomic E-state index is 12.0. The van der Waals surface area contributed by atoms with Gasteiger partial charge in [-0.2, -0.15) is 25.3 Å². The van der Waals surface area contributed by atoms with Gasteiger partial charge in [0.05, 0.1) is 12.6 Å². The highest BCUT2D eigenvalue weighted by Gasteiger charge is 2.27. The summed E-state index contributed by atoms with van der Waals surface area (Å²) in [6, 6.07) is -4.50. The lowest BCUT2D eigenvalue weighted by Crippen LogP contribution is -2.57. The molecule has 4 unspecified atom stereocenters. The first-order valence-electron chi connectivity index (χ1n) is 6.89. The molecule has 0 saturated carbocycles. The van der Waals surface area contributed by atoms with Crippen LogP contribution in [0, 0.1) is 0 Å². The number of hydrogen-bond acceptors (Lipinski definition) is 8. The third kappa shape index (κ3) is 7.38. The van der Waals surface area contributed by atoms with E-state index in [1.807, 2.05) is 0 Å². The number of carboxylic acid groups (broad SMARTS) is 1. The predicted molar refractivity (Wildman–Crippen MR) is 91.9 cm³/mol. The number of amides is 3. The maximum Gasteiger partial charge on any atom is 0.328 e. The molecule has 10 nitrogen and oxygen atoms in total. The van der Waals surface area contributed by atoms with Crippen LogP contribution in [0.25, 0.3) is 0 Å². The van der Waals surface area contributed by atoms with Gasteiger partial charge in [-0.25, -0.2) is 4.79 Å². The molecule has 24 heavy (non-hydrogen) atoms. The van der Waals surface area contributed by atoms with Crippen LogP contribution in [0.4, 0.5) is 0 Å². The highest BCUT2D eigenvalue weighted by Crippen LogP contribution is 1.95. The number of nitrogens with one attached hydrogen (secondary N) is 3. The Hall–Kier alpha value is -1.50. The number of nitrogens with two attached hydrogens (primary N) is 1. The summed E-state index contributed by atoms with van der Waals surface area (Å²) in [5, 5.41) is 24.3. The van der Waals surface area contributed by atoms with Gasteiger partial charge in [0.1, 0.15) is 18.1 Å². The average molecular weight is 382 g/mol. The fourth-order valence-electron chi connectivity index (χ4n) is 1.42. The summed E-state index contributed by atoms with van der Waals surface area (Å²) in [6.45, 7) is 0.527. The first kappa shape index (κ1) is 22.5. The lowest BCUT2D eigenvalue weighted by molar-refractivity contribution is -0.143. The number of carbonyl (C=O) groups is 4. The number of carboxylic acids is 1. The smallest absolute Gasteiger partial charge is 0.328 e. The minimum Gasteiger partial charge on any atom is -0.480 e. The number of hydrogen-bond donors (Lipinski definition) is 8. The molecule has 0 aromatic rings. The van der Waals surface area contributed by atoms with Gasteiger partial charge in [0.2, 0.25) is 17.7 Å². The monoisotopic (exact) mass is 382 g/mol. The highest BCUT2D eigenvalue weighted by molar-refractivity contribution is 7.80. The molecule has 0 aromatic heterocycles. The van der Waals surface area contributed by atoms with Crippen LogP contribution in [0.1, 0.15) is 6.92 Å². The van der Waals surface area contributed by atoms with Gasteiger partial charge in [-0.3, -0.25) is 14.4 Å². The normalized spacial score (nSPS) is 15.5. The molecule has 0 rings (SSSR count). The molecule has 0 spiro atoms. The third-order valence-electron chi connectivity index (χ3n) is 2.90. The van der Waals surface area contributed by atoms with Crippen LogP contribution in [0.2, 0.25) is 0 Å². The van der Waals surface area contributed by atoms with Gasteiger partial charge in [-0.05, 0) is 6.92 Å². The van der Waals surface area contributed by atoms with E-state index in [9.17, 15) is 19.2 Å². The Bertz CT molecular complexity index is 478. The second kappa shape index (κ2) is 11.1. The zero-order chi connectivity index (χ0) is 18.9. The van der Waals surface area contributed by atoms with Gasteiger partial charge in [0.15, 0.2) is 0 Å². The van der Waals surface area contributed by atoms with E-state index in [4.69, 9.17) is 15.9 Å². The molecule has 4 atom stereocenters. The zero-order valence-corrected chi connectivity index (χ0v) is 14.7. The molecule has 0 heterocycles. The predicted octanol–water partition coefficient (Wildman–Crippen LogP) is -3.28. The Kier molecular flexibility index (Phi) is 10.4. The van der Waals surface area contributed by atoms with Gasteiger partial charge in [-0.1, -0.05) is 0 Å². The Morgan fingerprint density at radius 1 is 0.958 bits per heavy atom. The van der Waals surface area contributed by atoms with Crippen LogP contribution in [-0.2, 0) is 19.2 Å². The molecule has 138 valence electrons. The number of carbonyl (C=O) groups excluding carboxylic acids is 3. The average Bonchev–Trinajstić information content (AvgIpc) is 2.55. The summed E-state index contributed by atoms with van der Waals surface area (Å²) in [4.78, 5) is 46.2. The fourth-order valence-corrected chi connectivity index (χ4v) is 1.84. The van der Waals surface area contributed by atoms with E-state index in [0.29, 0.717) is 0 Å². The Morgan fingerprint density at radius 2 is 1.50 bits per heavy atom. The molecule has 0 aliphatic rings. The summed E-state index contributed by atoms with van der Waals surface area (Å²) in [5.41, 5.74) is 5.48. The number of thiol groups is 2. The van der Waals surface area contributed by atoms with Crippen LogP contribution in [-0.4, -0.2) is 76.2 Å². The zero-order valence-electron chi connectivity index (χ0n) is 12.9. The van der Waals surface area contributed by atoms with Gasteiger partial charge in [0, 0.05) is 11.5 Å². The SMILES string of the molecule is CC(NC(=O)C(CS)NC(=O)C(N)CS)C(=O)NC(CO)C(=O)O. The second-order valence-corrected chi connectivity index (χ2v) is 5.58. The van der Waals surface area contributed by atoms with Crippen LogP contribution in [0.5, 0.6) is 0 Å². The van der Waals surface area contributed by atoms with E-state index in [-0.39, 0.29) is 11.5 Å². The number of rotatable bonds is 10. The lowest BCUT2D eigenvalue weighted by Gasteiger charge is -2.21. The maximum atomic E-state index is 12.0. The van der Waals surface area contributed by atoms with Gasteiger partial charge < -0.3 is 31.9 Å². The van der Waals surface area contributed by atoms with Crippen molar-refractivity contribution in [2.75, 3.05) is 18.1 Å². The Labute approximate surface area is 149 Å². The van der Waals surface area contributed by atoms with E-state index in [2.05, 4.69) is 41.2 Å². The van der Waals surface area contributed by atoms with E-state index in [0.717, 1.165) is 0 Å². The van der Waals surface area contributed by atoms with Crippen molar-refractivity contribution in [3.8, 4) is 0 Å². The summed E-state index contributed by atoms with van der Waals surface area (Å²) in [6.07, 6.45) is 0. The fraction of sp³-hybridized carbons (Fsp3) is 0.667.